The van der Waals surface area contributed by atoms with Gasteiger partial charge in [0, 0.05) is 60.6 Å². The van der Waals surface area contributed by atoms with Crippen molar-refractivity contribution in [2.45, 2.75) is 38.5 Å². The van der Waals surface area contributed by atoms with E-state index < -0.39 is 0 Å². The van der Waals surface area contributed by atoms with Crippen LogP contribution in [-0.2, 0) is 10.8 Å². The Morgan fingerprint density at radius 3 is 1.32 bits per heavy atom. The van der Waals surface area contributed by atoms with Crippen molar-refractivity contribution in [2.75, 3.05) is 4.90 Å². The zero-order chi connectivity index (χ0) is 50.2. The first kappa shape index (κ1) is 43.4. The molecule has 0 aliphatic heterocycles. The molecule has 356 valence electrons. The zero-order valence-electron chi connectivity index (χ0n) is 42.3. The molecule has 0 fully saturated rings. The first-order chi connectivity index (χ1) is 36.7. The lowest BCUT2D eigenvalue weighted by Gasteiger charge is -2.27. The summed E-state index contributed by atoms with van der Waals surface area (Å²) in [5.41, 5.74) is 26.3. The van der Waals surface area contributed by atoms with Crippen molar-refractivity contribution in [3.05, 3.63) is 259 Å². The molecule has 0 saturated carbocycles. The summed E-state index contributed by atoms with van der Waals surface area (Å²) >= 11 is 0. The molecule has 0 amide bonds. The van der Waals surface area contributed by atoms with E-state index in [1.165, 1.54) is 55.6 Å². The molecule has 0 saturated heterocycles. The molecular formula is C72H51NO2. The molecular weight excluding hydrogens is 911 g/mol. The van der Waals surface area contributed by atoms with Crippen molar-refractivity contribution in [1.29, 1.82) is 0 Å². The van der Waals surface area contributed by atoms with E-state index in [2.05, 4.69) is 269 Å². The fourth-order valence-electron chi connectivity index (χ4n) is 13.0. The third-order valence-corrected chi connectivity index (χ3v) is 16.7. The van der Waals surface area contributed by atoms with Crippen LogP contribution in [0.1, 0.15) is 49.9 Å². The van der Waals surface area contributed by atoms with Gasteiger partial charge >= 0.3 is 0 Å². The number of para-hydroxylation sites is 2. The molecule has 0 radical (unpaired) electrons. The van der Waals surface area contributed by atoms with Gasteiger partial charge in [-0.3, -0.25) is 0 Å². The maximum absolute atomic E-state index is 6.71. The van der Waals surface area contributed by atoms with Gasteiger partial charge in [-0.2, -0.15) is 0 Å². The highest BCUT2D eigenvalue weighted by Gasteiger charge is 2.37. The molecule has 13 aromatic rings. The van der Waals surface area contributed by atoms with E-state index in [0.717, 1.165) is 94.3 Å². The Labute approximate surface area is 436 Å². The Bertz CT molecular complexity index is 4450. The first-order valence-electron chi connectivity index (χ1n) is 26.1. The second kappa shape index (κ2) is 16.2. The van der Waals surface area contributed by atoms with Crippen LogP contribution in [0.2, 0.25) is 0 Å². The van der Waals surface area contributed by atoms with Crippen molar-refractivity contribution in [3.8, 4) is 66.8 Å². The third kappa shape index (κ3) is 6.47. The number of fused-ring (bicyclic) bond motifs is 12. The Morgan fingerprint density at radius 2 is 0.707 bits per heavy atom. The average molecular weight is 962 g/mol. The van der Waals surface area contributed by atoms with Crippen LogP contribution in [0.4, 0.5) is 17.1 Å². The maximum Gasteiger partial charge on any atom is 0.136 e. The molecule has 2 aliphatic carbocycles. The van der Waals surface area contributed by atoms with Crippen LogP contribution >= 0.6 is 0 Å². The molecule has 2 aromatic heterocycles. The average Bonchev–Trinajstić information content (AvgIpc) is 4.24. The van der Waals surface area contributed by atoms with E-state index in [1.807, 2.05) is 0 Å². The molecule has 0 N–H and O–H groups in total. The molecule has 2 aliphatic rings. The Morgan fingerprint density at radius 1 is 0.280 bits per heavy atom. The SMILES string of the molecule is CC1(C)c2ccccc2-c2cc(N(c3ccc(-c4ccccc4)cc3)c3ccc(-c4c(-c5ccc6oc7ccccc7c6c5-c5ccc6c(c5)C(C)(C)c5ccccc5-6)ccc5oc6ccccc6c45)cc3)ccc21. The molecule has 0 spiro atoms. The number of nitrogens with zero attached hydrogens (tertiary/aromatic N) is 1. The van der Waals surface area contributed by atoms with Crippen LogP contribution in [0, 0.1) is 0 Å². The summed E-state index contributed by atoms with van der Waals surface area (Å²) in [5.74, 6) is 0. The number of rotatable bonds is 7. The minimum Gasteiger partial charge on any atom is -0.456 e. The van der Waals surface area contributed by atoms with Crippen molar-refractivity contribution in [2.24, 2.45) is 0 Å². The highest BCUT2D eigenvalue weighted by molar-refractivity contribution is 6.20. The molecule has 11 aromatic carbocycles. The van der Waals surface area contributed by atoms with Gasteiger partial charge in [0.05, 0.1) is 0 Å². The first-order valence-corrected chi connectivity index (χ1v) is 26.1. The molecule has 0 bridgehead atoms. The van der Waals surface area contributed by atoms with Gasteiger partial charge in [0.25, 0.3) is 0 Å². The van der Waals surface area contributed by atoms with E-state index in [4.69, 9.17) is 8.83 Å². The molecule has 0 atom stereocenters. The lowest BCUT2D eigenvalue weighted by atomic mass is 9.80. The lowest BCUT2D eigenvalue weighted by molar-refractivity contribution is 0.660. The number of anilines is 3. The quantitative estimate of drug-likeness (QED) is 0.159. The topological polar surface area (TPSA) is 29.5 Å². The number of hydrogen-bond donors (Lipinski definition) is 0. The Kier molecular flexibility index (Phi) is 9.35. The van der Waals surface area contributed by atoms with E-state index in [1.54, 1.807) is 0 Å². The highest BCUT2D eigenvalue weighted by atomic mass is 16.3. The minimum atomic E-state index is -0.172. The standard InChI is InChI=1S/C72H51NO2/c1-71(2)60-23-13-9-19-52(60)58-43-50(35-39-61(58)71)73(48-31-26-45(27-32-48)44-16-6-5-7-17-44)49-33-28-46(29-34-49)67-54(37-40-65-69(67)56-20-10-14-24-63(56)74-65)55-38-41-66-70(57-21-11-15-25-64(57)75-66)68(55)47-30-36-53-51-18-8-12-22-59(51)72(3,4)62(53)42-47/h5-43H,1-4H3. The molecule has 0 unspecified atom stereocenters. The summed E-state index contributed by atoms with van der Waals surface area (Å²) in [6, 6.07) is 86.6. The van der Waals surface area contributed by atoms with Crippen LogP contribution in [0.3, 0.4) is 0 Å². The van der Waals surface area contributed by atoms with Crippen molar-refractivity contribution < 1.29 is 8.83 Å². The molecule has 3 heteroatoms. The van der Waals surface area contributed by atoms with Gasteiger partial charge in [-0.05, 0) is 157 Å². The fraction of sp³-hybridized carbons (Fsp3) is 0.0833. The van der Waals surface area contributed by atoms with Gasteiger partial charge < -0.3 is 13.7 Å². The van der Waals surface area contributed by atoms with Gasteiger partial charge in [-0.1, -0.05) is 185 Å². The lowest BCUT2D eigenvalue weighted by Crippen LogP contribution is -2.15. The largest absolute Gasteiger partial charge is 0.456 e. The van der Waals surface area contributed by atoms with E-state index >= 15 is 0 Å². The van der Waals surface area contributed by atoms with Crippen LogP contribution in [0.5, 0.6) is 0 Å². The van der Waals surface area contributed by atoms with Crippen LogP contribution in [0.15, 0.2) is 245 Å². The minimum absolute atomic E-state index is 0.0949. The van der Waals surface area contributed by atoms with Crippen molar-refractivity contribution in [1.82, 2.24) is 0 Å². The molecule has 15 rings (SSSR count). The second-order valence-corrected chi connectivity index (χ2v) is 21.5. The van der Waals surface area contributed by atoms with Gasteiger partial charge in [-0.15, -0.1) is 0 Å². The number of hydrogen-bond acceptors (Lipinski definition) is 3. The fourth-order valence-corrected chi connectivity index (χ4v) is 13.0. The zero-order valence-corrected chi connectivity index (χ0v) is 42.3. The molecule has 2 heterocycles. The predicted octanol–water partition coefficient (Wildman–Crippen LogP) is 20.2. The van der Waals surface area contributed by atoms with E-state index in [-0.39, 0.29) is 10.8 Å². The normalized spacial score (nSPS) is 13.8. The summed E-state index contributed by atoms with van der Waals surface area (Å²) < 4.78 is 13.4. The van der Waals surface area contributed by atoms with Gasteiger partial charge in [0.2, 0.25) is 0 Å². The number of furan rings is 2. The number of benzene rings is 11. The third-order valence-electron chi connectivity index (χ3n) is 16.7. The monoisotopic (exact) mass is 961 g/mol. The summed E-state index contributed by atoms with van der Waals surface area (Å²) in [4.78, 5) is 2.41. The van der Waals surface area contributed by atoms with Crippen LogP contribution in [0.25, 0.3) is 111 Å². The van der Waals surface area contributed by atoms with Gasteiger partial charge in [0.1, 0.15) is 22.3 Å². The summed E-state index contributed by atoms with van der Waals surface area (Å²) in [7, 11) is 0. The Hall–Kier alpha value is -9.18. The van der Waals surface area contributed by atoms with Crippen LogP contribution in [-0.4, -0.2) is 0 Å². The smallest absolute Gasteiger partial charge is 0.136 e. The summed E-state index contributed by atoms with van der Waals surface area (Å²) in [6.07, 6.45) is 0. The molecule has 75 heavy (non-hydrogen) atoms. The predicted molar refractivity (Wildman–Crippen MR) is 313 cm³/mol. The summed E-state index contributed by atoms with van der Waals surface area (Å²) in [6.45, 7) is 9.41. The summed E-state index contributed by atoms with van der Waals surface area (Å²) in [5, 5.41) is 4.40. The second-order valence-electron chi connectivity index (χ2n) is 21.5. The van der Waals surface area contributed by atoms with Gasteiger partial charge in [0.15, 0.2) is 0 Å². The Balaban J connectivity index is 0.943. The van der Waals surface area contributed by atoms with Gasteiger partial charge in [-0.25, -0.2) is 0 Å². The van der Waals surface area contributed by atoms with E-state index in [0.29, 0.717) is 0 Å². The van der Waals surface area contributed by atoms with Crippen LogP contribution < -0.4 is 4.90 Å². The highest BCUT2D eigenvalue weighted by Crippen LogP contribution is 2.54. The van der Waals surface area contributed by atoms with Crippen molar-refractivity contribution in [3.63, 3.8) is 0 Å². The van der Waals surface area contributed by atoms with Crippen molar-refractivity contribution >= 4 is 60.9 Å². The molecule has 3 nitrogen and oxygen atoms in total. The van der Waals surface area contributed by atoms with E-state index in [9.17, 15) is 0 Å². The maximum atomic E-state index is 6.71.